The van der Waals surface area contributed by atoms with E-state index in [1.807, 2.05) is 12.3 Å². The first-order chi connectivity index (χ1) is 5.34. The molecular formula is C7H6BrNOS. The van der Waals surface area contributed by atoms with E-state index in [0.717, 1.165) is 11.3 Å². The summed E-state index contributed by atoms with van der Waals surface area (Å²) < 4.78 is 0. The van der Waals surface area contributed by atoms with Crippen molar-refractivity contribution < 1.29 is 4.79 Å². The van der Waals surface area contributed by atoms with Crippen LogP contribution >= 0.6 is 27.7 Å². The van der Waals surface area contributed by atoms with Crippen LogP contribution in [0.4, 0.5) is 0 Å². The molecule has 4 heteroatoms. The topological polar surface area (TPSA) is 20.3 Å². The zero-order chi connectivity index (χ0) is 7.84. The van der Waals surface area contributed by atoms with Crippen molar-refractivity contribution in [2.45, 2.75) is 5.37 Å². The van der Waals surface area contributed by atoms with Gasteiger partial charge in [0.25, 0.3) is 5.91 Å². The molecule has 0 aromatic carbocycles. The molecule has 2 aliphatic heterocycles. The average molecular weight is 232 g/mol. The van der Waals surface area contributed by atoms with Crippen molar-refractivity contribution in [1.29, 1.82) is 0 Å². The minimum Gasteiger partial charge on any atom is -0.299 e. The Morgan fingerprint density at radius 1 is 1.82 bits per heavy atom. The maximum atomic E-state index is 11.2. The number of hydrogen-bond donors (Lipinski definition) is 0. The second-order valence-electron chi connectivity index (χ2n) is 2.35. The van der Waals surface area contributed by atoms with Crippen LogP contribution in [0.5, 0.6) is 0 Å². The number of carbonyl (C=O) groups excluding carboxylic acids is 1. The number of nitrogens with zero attached hydrogens (tertiary/aromatic N) is 1. The van der Waals surface area contributed by atoms with Gasteiger partial charge in [0.2, 0.25) is 0 Å². The summed E-state index contributed by atoms with van der Waals surface area (Å²) in [6.07, 6.45) is 3.87. The first-order valence-corrected chi connectivity index (χ1v) is 5.22. The third kappa shape index (κ3) is 0.964. The molecular weight excluding hydrogens is 226 g/mol. The molecule has 0 spiro atoms. The molecule has 0 radical (unpaired) electrons. The number of carbonyl (C=O) groups is 1. The third-order valence-electron chi connectivity index (χ3n) is 1.73. The van der Waals surface area contributed by atoms with Gasteiger partial charge in [-0.25, -0.2) is 0 Å². The van der Waals surface area contributed by atoms with E-state index in [4.69, 9.17) is 0 Å². The number of hydrogen-bond acceptors (Lipinski definition) is 2. The van der Waals surface area contributed by atoms with Crippen molar-refractivity contribution in [3.63, 3.8) is 0 Å². The third-order valence-corrected chi connectivity index (χ3v) is 3.41. The van der Waals surface area contributed by atoms with Crippen LogP contribution < -0.4 is 0 Å². The lowest BCUT2D eigenvalue weighted by Gasteiger charge is -2.41. The molecule has 0 N–H and O–H groups in total. The molecule has 0 aliphatic carbocycles. The lowest BCUT2D eigenvalue weighted by Crippen LogP contribution is -2.51. The van der Waals surface area contributed by atoms with Crippen LogP contribution in [0.2, 0.25) is 0 Å². The van der Waals surface area contributed by atoms with Crippen LogP contribution in [0.25, 0.3) is 0 Å². The summed E-state index contributed by atoms with van der Waals surface area (Å²) in [6.45, 7) is 0. The molecule has 11 heavy (non-hydrogen) atoms. The van der Waals surface area contributed by atoms with Gasteiger partial charge in [0.05, 0.1) is 5.57 Å². The van der Waals surface area contributed by atoms with Crippen LogP contribution in [0, 0.1) is 0 Å². The molecule has 1 atom stereocenters. The Morgan fingerprint density at radius 3 is 3.36 bits per heavy atom. The average Bonchev–Trinajstić information content (AvgIpc) is 2.05. The molecule has 0 aromatic heterocycles. The Balaban J connectivity index is 2.25. The molecule has 0 aromatic rings. The van der Waals surface area contributed by atoms with Gasteiger partial charge in [-0.05, 0) is 4.99 Å². The van der Waals surface area contributed by atoms with Crippen molar-refractivity contribution in [2.24, 2.45) is 0 Å². The van der Waals surface area contributed by atoms with E-state index in [-0.39, 0.29) is 11.3 Å². The second kappa shape index (κ2) is 2.68. The fourth-order valence-corrected chi connectivity index (χ4v) is 2.84. The summed E-state index contributed by atoms with van der Waals surface area (Å²) >= 11 is 4.95. The molecule has 0 bridgehead atoms. The van der Waals surface area contributed by atoms with E-state index in [0.29, 0.717) is 0 Å². The highest BCUT2D eigenvalue weighted by Crippen LogP contribution is 2.37. The summed E-state index contributed by atoms with van der Waals surface area (Å²) in [6, 6.07) is 0. The molecule has 0 unspecified atom stereocenters. The van der Waals surface area contributed by atoms with Crippen LogP contribution in [-0.2, 0) is 4.79 Å². The van der Waals surface area contributed by atoms with Crippen molar-refractivity contribution in [1.82, 2.24) is 4.90 Å². The number of halogens is 1. The Kier molecular flexibility index (Phi) is 1.81. The Labute approximate surface area is 77.5 Å². The zero-order valence-electron chi connectivity index (χ0n) is 5.66. The fraction of sp³-hybridized carbons (Fsp3) is 0.286. The Hall–Kier alpha value is -0.220. The molecule has 2 nitrogen and oxygen atoms in total. The molecule has 2 aliphatic rings. The monoisotopic (exact) mass is 231 g/mol. The van der Waals surface area contributed by atoms with Gasteiger partial charge >= 0.3 is 0 Å². The molecule has 58 valence electrons. The first kappa shape index (κ1) is 7.43. The van der Waals surface area contributed by atoms with Gasteiger partial charge < -0.3 is 0 Å². The second-order valence-corrected chi connectivity index (χ2v) is 3.92. The smallest absolute Gasteiger partial charge is 0.258 e. The molecule has 1 saturated heterocycles. The molecule has 1 fully saturated rings. The highest BCUT2D eigenvalue weighted by Gasteiger charge is 2.41. The number of amides is 1. The zero-order valence-corrected chi connectivity index (χ0v) is 8.06. The SMILES string of the molecule is O=C1C(=CBr)[C@@H]2SCC=CN12. The predicted octanol–water partition coefficient (Wildman–Crippen LogP) is 1.69. The van der Waals surface area contributed by atoms with Gasteiger partial charge in [0, 0.05) is 12.0 Å². The summed E-state index contributed by atoms with van der Waals surface area (Å²) in [5.41, 5.74) is 0.874. The van der Waals surface area contributed by atoms with E-state index in [2.05, 4.69) is 15.9 Å². The molecule has 2 rings (SSSR count). The highest BCUT2D eigenvalue weighted by molar-refractivity contribution is 9.11. The van der Waals surface area contributed by atoms with Crippen LogP contribution in [0.15, 0.2) is 22.8 Å². The van der Waals surface area contributed by atoms with Gasteiger partial charge in [0.15, 0.2) is 0 Å². The van der Waals surface area contributed by atoms with Crippen molar-refractivity contribution in [3.8, 4) is 0 Å². The minimum absolute atomic E-state index is 0.121. The van der Waals surface area contributed by atoms with Gasteiger partial charge in [0.1, 0.15) is 5.37 Å². The minimum atomic E-state index is 0.121. The highest BCUT2D eigenvalue weighted by atomic mass is 79.9. The summed E-state index contributed by atoms with van der Waals surface area (Å²) in [5, 5.41) is 0.270. The fourth-order valence-electron chi connectivity index (χ4n) is 1.16. The standard InChI is InChI=1S/C7H6BrNOS/c8-4-5-6(10)9-2-1-3-11-7(5)9/h1-2,4,7H,3H2/t7-/m0/s1. The van der Waals surface area contributed by atoms with E-state index in [1.165, 1.54) is 0 Å². The number of fused-ring (bicyclic) bond motifs is 1. The maximum Gasteiger partial charge on any atom is 0.258 e. The van der Waals surface area contributed by atoms with Crippen molar-refractivity contribution in [3.05, 3.63) is 22.8 Å². The summed E-state index contributed by atoms with van der Waals surface area (Å²) in [7, 11) is 0. The number of β-lactam (4-membered cyclic amide) rings is 1. The Morgan fingerprint density at radius 2 is 2.64 bits per heavy atom. The molecule has 0 saturated carbocycles. The maximum absolute atomic E-state index is 11.2. The van der Waals surface area contributed by atoms with Crippen LogP contribution in [-0.4, -0.2) is 21.9 Å². The lowest BCUT2D eigenvalue weighted by molar-refractivity contribution is -0.130. The van der Waals surface area contributed by atoms with Gasteiger partial charge in [-0.3, -0.25) is 9.69 Å². The van der Waals surface area contributed by atoms with Crippen LogP contribution in [0.1, 0.15) is 0 Å². The van der Waals surface area contributed by atoms with Crippen molar-refractivity contribution in [2.75, 3.05) is 5.75 Å². The summed E-state index contributed by atoms with van der Waals surface area (Å²) in [4.78, 5) is 14.7. The summed E-state index contributed by atoms with van der Waals surface area (Å²) in [5.74, 6) is 1.12. The normalized spacial score (nSPS) is 32.1. The van der Waals surface area contributed by atoms with Gasteiger partial charge in [-0.1, -0.05) is 22.0 Å². The quantitative estimate of drug-likeness (QED) is 0.468. The van der Waals surface area contributed by atoms with Crippen LogP contribution in [0.3, 0.4) is 0 Å². The first-order valence-electron chi connectivity index (χ1n) is 3.26. The van der Waals surface area contributed by atoms with Crippen molar-refractivity contribution >= 4 is 33.6 Å². The molecule has 2 heterocycles. The van der Waals surface area contributed by atoms with Gasteiger partial charge in [-0.15, -0.1) is 11.8 Å². The van der Waals surface area contributed by atoms with E-state index < -0.39 is 0 Å². The van der Waals surface area contributed by atoms with E-state index in [1.54, 1.807) is 21.6 Å². The molecule has 1 amide bonds. The van der Waals surface area contributed by atoms with E-state index >= 15 is 0 Å². The lowest BCUT2D eigenvalue weighted by atomic mass is 10.1. The predicted molar refractivity (Wildman–Crippen MR) is 49.2 cm³/mol. The van der Waals surface area contributed by atoms with E-state index in [9.17, 15) is 4.79 Å². The number of rotatable bonds is 0. The Bertz CT molecular complexity index is 261. The number of thioether (sulfide) groups is 1. The van der Waals surface area contributed by atoms with Gasteiger partial charge in [-0.2, -0.15) is 0 Å². The largest absolute Gasteiger partial charge is 0.299 e.